The lowest BCUT2D eigenvalue weighted by Crippen LogP contribution is -2.25. The Hall–Kier alpha value is -2.89. The lowest BCUT2D eigenvalue weighted by Gasteiger charge is -2.17. The number of aromatic nitrogens is 3. The number of rotatable bonds is 4. The minimum absolute atomic E-state index is 0.105. The van der Waals surface area contributed by atoms with Crippen LogP contribution in [0.25, 0.3) is 0 Å². The predicted molar refractivity (Wildman–Crippen MR) is 84.8 cm³/mol. The molecule has 1 aliphatic rings. The molecule has 0 spiro atoms. The number of hydrogen-bond acceptors (Lipinski definition) is 6. The summed E-state index contributed by atoms with van der Waals surface area (Å²) in [5.74, 6) is 1.01. The summed E-state index contributed by atoms with van der Waals surface area (Å²) in [4.78, 5) is 13.5. The van der Waals surface area contributed by atoms with E-state index >= 15 is 0 Å². The molecule has 0 aromatic carbocycles. The van der Waals surface area contributed by atoms with E-state index in [-0.39, 0.29) is 11.9 Å². The summed E-state index contributed by atoms with van der Waals surface area (Å²) in [5.41, 5.74) is -0.444. The topological polar surface area (TPSA) is 77.7 Å². The van der Waals surface area contributed by atoms with Crippen molar-refractivity contribution in [2.45, 2.75) is 12.6 Å². The molecule has 0 aliphatic carbocycles. The number of nitrogens with one attached hydrogen (secondary N) is 1. The third kappa shape index (κ3) is 4.15. The van der Waals surface area contributed by atoms with Gasteiger partial charge in [0, 0.05) is 32.0 Å². The molecule has 1 unspecified atom stereocenters. The lowest BCUT2D eigenvalue weighted by atomic mass is 10.1. The van der Waals surface area contributed by atoms with Crippen molar-refractivity contribution >= 4 is 11.8 Å². The van der Waals surface area contributed by atoms with Gasteiger partial charge in [0.25, 0.3) is 0 Å². The van der Waals surface area contributed by atoms with Crippen molar-refractivity contribution in [2.24, 2.45) is 5.92 Å². The van der Waals surface area contributed by atoms with Crippen LogP contribution in [0.1, 0.15) is 17.7 Å². The van der Waals surface area contributed by atoms with Crippen molar-refractivity contribution in [3.63, 3.8) is 0 Å². The highest BCUT2D eigenvalue weighted by Crippen LogP contribution is 2.29. The smallest absolute Gasteiger partial charge is 0.370 e. The van der Waals surface area contributed by atoms with E-state index in [9.17, 15) is 13.2 Å². The summed E-state index contributed by atoms with van der Waals surface area (Å²) >= 11 is 0. The van der Waals surface area contributed by atoms with E-state index in [1.807, 2.05) is 6.07 Å². The third-order valence-electron chi connectivity index (χ3n) is 3.97. The first-order valence-electron chi connectivity index (χ1n) is 7.71. The summed E-state index contributed by atoms with van der Waals surface area (Å²) in [7, 11) is 0. The SMILES string of the molecule is N#Cc1ccc(NCC2CCN(c3nccc(C(F)(F)F)n3)C2)nc1. The van der Waals surface area contributed by atoms with Crippen LogP contribution in [0.3, 0.4) is 0 Å². The van der Waals surface area contributed by atoms with Gasteiger partial charge >= 0.3 is 6.18 Å². The van der Waals surface area contributed by atoms with Gasteiger partial charge in [-0.1, -0.05) is 0 Å². The first kappa shape index (κ1) is 17.0. The quantitative estimate of drug-likeness (QED) is 0.915. The molecule has 1 atom stereocenters. The van der Waals surface area contributed by atoms with Gasteiger partial charge in [0.1, 0.15) is 17.6 Å². The van der Waals surface area contributed by atoms with Crippen LogP contribution in [-0.2, 0) is 6.18 Å². The van der Waals surface area contributed by atoms with Gasteiger partial charge in [0.15, 0.2) is 0 Å². The molecule has 25 heavy (non-hydrogen) atoms. The number of halogens is 3. The van der Waals surface area contributed by atoms with Crippen LogP contribution in [0.15, 0.2) is 30.6 Å². The van der Waals surface area contributed by atoms with E-state index in [2.05, 4.69) is 20.3 Å². The van der Waals surface area contributed by atoms with Crippen LogP contribution < -0.4 is 10.2 Å². The fourth-order valence-electron chi connectivity index (χ4n) is 2.65. The zero-order chi connectivity index (χ0) is 17.9. The first-order chi connectivity index (χ1) is 12.0. The number of anilines is 2. The van der Waals surface area contributed by atoms with Gasteiger partial charge in [-0.2, -0.15) is 18.4 Å². The standard InChI is InChI=1S/C16H15F3N6/c17-16(18,19)13-3-5-21-15(24-13)25-6-4-12(10-25)9-23-14-2-1-11(7-20)8-22-14/h1-3,5,8,12H,4,6,9-10H2,(H,22,23). The van der Waals surface area contributed by atoms with E-state index in [1.54, 1.807) is 17.0 Å². The Kier molecular flexibility index (Phi) is 4.70. The van der Waals surface area contributed by atoms with Crippen LogP contribution in [0.2, 0.25) is 0 Å². The maximum atomic E-state index is 12.7. The Balaban J connectivity index is 1.57. The third-order valence-corrected chi connectivity index (χ3v) is 3.97. The average Bonchev–Trinajstić information content (AvgIpc) is 3.09. The van der Waals surface area contributed by atoms with Gasteiger partial charge < -0.3 is 10.2 Å². The van der Waals surface area contributed by atoms with E-state index in [1.165, 1.54) is 6.20 Å². The maximum absolute atomic E-state index is 12.7. The largest absolute Gasteiger partial charge is 0.433 e. The maximum Gasteiger partial charge on any atom is 0.433 e. The number of pyridine rings is 1. The van der Waals surface area contributed by atoms with Crippen LogP contribution >= 0.6 is 0 Å². The highest BCUT2D eigenvalue weighted by atomic mass is 19.4. The van der Waals surface area contributed by atoms with Gasteiger partial charge in [-0.25, -0.2) is 15.0 Å². The molecule has 0 saturated carbocycles. The molecule has 0 bridgehead atoms. The molecule has 3 rings (SSSR count). The monoisotopic (exact) mass is 348 g/mol. The van der Waals surface area contributed by atoms with Gasteiger partial charge in [-0.15, -0.1) is 0 Å². The second-order valence-corrected chi connectivity index (χ2v) is 5.77. The van der Waals surface area contributed by atoms with Crippen molar-refractivity contribution in [3.8, 4) is 6.07 Å². The number of hydrogen-bond donors (Lipinski definition) is 1. The summed E-state index contributed by atoms with van der Waals surface area (Å²) < 4.78 is 38.2. The number of nitrogens with zero attached hydrogens (tertiary/aromatic N) is 5. The second-order valence-electron chi connectivity index (χ2n) is 5.77. The lowest BCUT2D eigenvalue weighted by molar-refractivity contribution is -0.141. The second kappa shape index (κ2) is 6.93. The molecule has 9 heteroatoms. The van der Waals surface area contributed by atoms with Crippen LogP contribution in [0.5, 0.6) is 0 Å². The summed E-state index contributed by atoms with van der Waals surface area (Å²) in [5, 5.41) is 11.9. The molecule has 6 nitrogen and oxygen atoms in total. The molecule has 1 fully saturated rings. The minimum atomic E-state index is -4.47. The number of nitriles is 1. The van der Waals surface area contributed by atoms with Crippen LogP contribution in [0.4, 0.5) is 24.9 Å². The van der Waals surface area contributed by atoms with Gasteiger partial charge in [-0.3, -0.25) is 0 Å². The van der Waals surface area contributed by atoms with Crippen molar-refractivity contribution in [1.82, 2.24) is 15.0 Å². The summed E-state index contributed by atoms with van der Waals surface area (Å²) in [6, 6.07) is 6.27. The highest BCUT2D eigenvalue weighted by molar-refractivity contribution is 5.39. The van der Waals surface area contributed by atoms with Crippen molar-refractivity contribution in [2.75, 3.05) is 29.9 Å². The fraction of sp³-hybridized carbons (Fsp3) is 0.375. The van der Waals surface area contributed by atoms with Crippen molar-refractivity contribution < 1.29 is 13.2 Å². The Labute approximate surface area is 142 Å². The van der Waals surface area contributed by atoms with Crippen LogP contribution in [-0.4, -0.2) is 34.6 Å². The fourth-order valence-corrected chi connectivity index (χ4v) is 2.65. The molecular weight excluding hydrogens is 333 g/mol. The Bertz CT molecular complexity index is 769. The zero-order valence-corrected chi connectivity index (χ0v) is 13.2. The normalized spacial score (nSPS) is 17.4. The van der Waals surface area contributed by atoms with E-state index < -0.39 is 11.9 Å². The summed E-state index contributed by atoms with van der Waals surface area (Å²) in [6.07, 6.45) is -1.03. The van der Waals surface area contributed by atoms with Crippen LogP contribution in [0, 0.1) is 17.2 Å². The van der Waals surface area contributed by atoms with Crippen molar-refractivity contribution in [3.05, 3.63) is 41.9 Å². The summed E-state index contributed by atoms with van der Waals surface area (Å²) in [6.45, 7) is 1.81. The van der Waals surface area contributed by atoms with Gasteiger partial charge in [0.2, 0.25) is 5.95 Å². The molecule has 1 N–H and O–H groups in total. The molecule has 2 aromatic heterocycles. The van der Waals surface area contributed by atoms with Gasteiger partial charge in [-0.05, 0) is 30.5 Å². The molecule has 130 valence electrons. The predicted octanol–water partition coefficient (Wildman–Crippen LogP) is 2.70. The minimum Gasteiger partial charge on any atom is -0.370 e. The molecule has 2 aromatic rings. The molecule has 0 radical (unpaired) electrons. The number of alkyl halides is 3. The van der Waals surface area contributed by atoms with Gasteiger partial charge in [0.05, 0.1) is 5.56 Å². The first-order valence-corrected chi connectivity index (χ1v) is 7.71. The van der Waals surface area contributed by atoms with Crippen molar-refractivity contribution in [1.29, 1.82) is 5.26 Å². The Morgan fingerprint density at radius 1 is 1.28 bits per heavy atom. The molecule has 1 saturated heterocycles. The molecular formula is C16H15F3N6. The van der Waals surface area contributed by atoms with E-state index in [4.69, 9.17) is 5.26 Å². The van der Waals surface area contributed by atoms with E-state index in [0.717, 1.165) is 18.7 Å². The Morgan fingerprint density at radius 3 is 2.80 bits per heavy atom. The van der Waals surface area contributed by atoms with E-state index in [0.29, 0.717) is 31.0 Å². The zero-order valence-electron chi connectivity index (χ0n) is 13.2. The molecule has 0 amide bonds. The highest BCUT2D eigenvalue weighted by Gasteiger charge is 2.34. The Morgan fingerprint density at radius 2 is 2.12 bits per heavy atom. The molecule has 3 heterocycles. The molecule has 1 aliphatic heterocycles. The average molecular weight is 348 g/mol.